The van der Waals surface area contributed by atoms with Crippen LogP contribution in [0.25, 0.3) is 0 Å². The number of nitrogens with zero attached hydrogens (tertiary/aromatic N) is 9. The molecule has 12 nitrogen and oxygen atoms in total. The van der Waals surface area contributed by atoms with Crippen molar-refractivity contribution in [2.24, 2.45) is 0 Å². The van der Waals surface area contributed by atoms with Gasteiger partial charge in [-0.1, -0.05) is 54.6 Å². The standard InChI is InChI=1S/C24H24N6.3CHNO/c1-28(19-13-7-4-8-14-19)22-25-23(29(2)20-15-9-5-10-16-20)27-24(26-22)30(3)21-17-11-6-12-18-21;3*2-1-3/h4-18H,1-3H3;3*3H. The average Bonchev–Trinajstić information content (AvgIpc) is 2.98. The normalized spacial score (nSPS) is 8.62. The second-order valence-electron chi connectivity index (χ2n) is 7.22. The van der Waals surface area contributed by atoms with E-state index in [2.05, 4.69) is 0 Å². The lowest BCUT2D eigenvalue weighted by Crippen LogP contribution is -2.22. The van der Waals surface area contributed by atoms with Crippen LogP contribution < -0.4 is 14.7 Å². The van der Waals surface area contributed by atoms with Crippen molar-refractivity contribution >= 4 is 34.9 Å². The SMILES string of the molecule is CN(c1ccccc1)c1nc(N(C)c2ccccc2)nc(N(C)c2ccccc2)n1.N#CO.N#CO.N#CO. The summed E-state index contributed by atoms with van der Waals surface area (Å²) in [5.74, 6) is 1.73. The van der Waals surface area contributed by atoms with Gasteiger partial charge in [-0.2, -0.15) is 30.7 Å². The fourth-order valence-corrected chi connectivity index (χ4v) is 3.09. The molecule has 4 rings (SSSR count). The van der Waals surface area contributed by atoms with Crippen LogP contribution in [0.4, 0.5) is 34.9 Å². The van der Waals surface area contributed by atoms with Crippen molar-refractivity contribution < 1.29 is 15.3 Å². The molecule has 0 saturated heterocycles. The van der Waals surface area contributed by atoms with Gasteiger partial charge in [0.25, 0.3) is 18.8 Å². The Hall–Kier alpha value is -6.06. The van der Waals surface area contributed by atoms with E-state index in [-0.39, 0.29) is 0 Å². The van der Waals surface area contributed by atoms with Gasteiger partial charge in [-0.25, -0.2) is 0 Å². The number of aromatic nitrogens is 3. The summed E-state index contributed by atoms with van der Waals surface area (Å²) in [6.07, 6.45) is 2.25. The van der Waals surface area contributed by atoms with Crippen molar-refractivity contribution in [1.29, 1.82) is 15.8 Å². The Morgan fingerprint density at radius 2 is 0.641 bits per heavy atom. The number of hydrogen-bond donors (Lipinski definition) is 3. The molecule has 0 unspecified atom stereocenters. The summed E-state index contributed by atoms with van der Waals surface area (Å²) in [5, 5.41) is 41.2. The zero-order valence-corrected chi connectivity index (χ0v) is 21.5. The molecule has 0 aliphatic carbocycles. The Bertz CT molecular complexity index is 1190. The molecule has 0 radical (unpaired) electrons. The van der Waals surface area contributed by atoms with Crippen LogP contribution in [0.1, 0.15) is 0 Å². The van der Waals surface area contributed by atoms with E-state index in [1.807, 2.05) is 127 Å². The van der Waals surface area contributed by atoms with E-state index >= 15 is 0 Å². The van der Waals surface area contributed by atoms with Crippen molar-refractivity contribution in [3.05, 3.63) is 91.0 Å². The predicted molar refractivity (Wildman–Crippen MR) is 146 cm³/mol. The molecule has 0 atom stereocenters. The van der Waals surface area contributed by atoms with Gasteiger partial charge in [0.2, 0.25) is 17.8 Å². The molecule has 0 amide bonds. The molecule has 0 aliphatic rings. The Labute approximate surface area is 226 Å². The first-order valence-electron chi connectivity index (χ1n) is 11.1. The number of aliphatic hydroxyl groups excluding tert-OH is 3. The minimum atomic E-state index is 0.576. The van der Waals surface area contributed by atoms with Crippen molar-refractivity contribution in [3.63, 3.8) is 0 Å². The highest BCUT2D eigenvalue weighted by Crippen LogP contribution is 2.28. The molecule has 0 aliphatic heterocycles. The molecule has 3 aromatic carbocycles. The van der Waals surface area contributed by atoms with Crippen LogP contribution in [-0.2, 0) is 0 Å². The van der Waals surface area contributed by atoms with Gasteiger partial charge in [0.05, 0.1) is 0 Å². The van der Waals surface area contributed by atoms with E-state index in [4.69, 9.17) is 46.1 Å². The summed E-state index contributed by atoms with van der Waals surface area (Å²) < 4.78 is 0. The first kappa shape index (κ1) is 31.0. The van der Waals surface area contributed by atoms with E-state index in [1.54, 1.807) is 0 Å². The lowest BCUT2D eigenvalue weighted by Gasteiger charge is -2.24. The third-order valence-electron chi connectivity index (χ3n) is 4.93. The summed E-state index contributed by atoms with van der Waals surface area (Å²) in [6, 6.07) is 30.2. The fourth-order valence-electron chi connectivity index (χ4n) is 3.09. The largest absolute Gasteiger partial charge is 0.443 e. The first-order valence-corrected chi connectivity index (χ1v) is 11.1. The van der Waals surface area contributed by atoms with E-state index in [0.717, 1.165) is 35.8 Å². The van der Waals surface area contributed by atoms with Gasteiger partial charge in [0.15, 0.2) is 0 Å². The van der Waals surface area contributed by atoms with E-state index in [0.29, 0.717) is 17.8 Å². The van der Waals surface area contributed by atoms with Crippen LogP contribution in [-0.4, -0.2) is 51.4 Å². The molecule has 0 saturated carbocycles. The molecule has 12 heteroatoms. The first-order chi connectivity index (χ1) is 18.9. The zero-order chi connectivity index (χ0) is 29.0. The number of hydrogen-bond acceptors (Lipinski definition) is 12. The smallest absolute Gasteiger partial charge is 0.283 e. The third kappa shape index (κ3) is 9.84. The van der Waals surface area contributed by atoms with Crippen molar-refractivity contribution in [3.8, 4) is 18.8 Å². The highest BCUT2D eigenvalue weighted by molar-refractivity contribution is 5.64. The fraction of sp³-hybridized carbons (Fsp3) is 0.111. The lowest BCUT2D eigenvalue weighted by molar-refractivity contribution is 0.502. The van der Waals surface area contributed by atoms with Crippen LogP contribution in [0.2, 0.25) is 0 Å². The number of rotatable bonds is 6. The minimum absolute atomic E-state index is 0.576. The molecule has 1 aromatic heterocycles. The van der Waals surface area contributed by atoms with Gasteiger partial charge in [-0.15, -0.1) is 0 Å². The average molecular weight is 526 g/mol. The second kappa shape index (κ2) is 17.4. The molecular weight excluding hydrogens is 498 g/mol. The summed E-state index contributed by atoms with van der Waals surface area (Å²) in [4.78, 5) is 20.2. The van der Waals surface area contributed by atoms with E-state index in [9.17, 15) is 0 Å². The van der Waals surface area contributed by atoms with Crippen molar-refractivity contribution in [1.82, 2.24) is 15.0 Å². The van der Waals surface area contributed by atoms with E-state index < -0.39 is 0 Å². The van der Waals surface area contributed by atoms with Crippen LogP contribution in [0.5, 0.6) is 0 Å². The number of para-hydroxylation sites is 3. The summed E-state index contributed by atoms with van der Waals surface area (Å²) >= 11 is 0. The maximum atomic E-state index is 6.88. The quantitative estimate of drug-likeness (QED) is 0.296. The van der Waals surface area contributed by atoms with Crippen molar-refractivity contribution in [2.45, 2.75) is 0 Å². The van der Waals surface area contributed by atoms with Gasteiger partial charge in [0.1, 0.15) is 0 Å². The Morgan fingerprint density at radius 3 is 0.821 bits per heavy atom. The highest BCUT2D eigenvalue weighted by Gasteiger charge is 2.18. The highest BCUT2D eigenvalue weighted by atomic mass is 16.2. The van der Waals surface area contributed by atoms with Crippen molar-refractivity contribution in [2.75, 3.05) is 35.8 Å². The van der Waals surface area contributed by atoms with Gasteiger partial charge in [0, 0.05) is 38.2 Å². The van der Waals surface area contributed by atoms with Crippen LogP contribution in [0.15, 0.2) is 91.0 Å². The molecule has 1 heterocycles. The Morgan fingerprint density at radius 1 is 0.462 bits per heavy atom. The molecule has 4 aromatic rings. The van der Waals surface area contributed by atoms with Gasteiger partial charge in [-0.05, 0) is 36.4 Å². The lowest BCUT2D eigenvalue weighted by atomic mass is 10.3. The molecule has 0 bridgehead atoms. The molecule has 198 valence electrons. The maximum Gasteiger partial charge on any atom is 0.283 e. The number of anilines is 6. The van der Waals surface area contributed by atoms with Crippen LogP contribution >= 0.6 is 0 Å². The molecule has 3 N–H and O–H groups in total. The second-order valence-corrected chi connectivity index (χ2v) is 7.22. The van der Waals surface area contributed by atoms with E-state index in [1.165, 1.54) is 0 Å². The van der Waals surface area contributed by atoms with Gasteiger partial charge < -0.3 is 30.0 Å². The number of benzene rings is 3. The molecule has 0 spiro atoms. The summed E-state index contributed by atoms with van der Waals surface area (Å²) in [5.41, 5.74) is 3.01. The summed E-state index contributed by atoms with van der Waals surface area (Å²) in [6.45, 7) is 0. The maximum absolute atomic E-state index is 6.88. The Balaban J connectivity index is 0.000000747. The monoisotopic (exact) mass is 525 g/mol. The third-order valence-corrected chi connectivity index (χ3v) is 4.93. The minimum Gasteiger partial charge on any atom is -0.443 e. The van der Waals surface area contributed by atoms with Gasteiger partial charge in [-0.3, -0.25) is 0 Å². The molecule has 39 heavy (non-hydrogen) atoms. The Kier molecular flexibility index (Phi) is 13.8. The number of aliphatic hydroxyl groups is 3. The molecular formula is C27H27N9O3. The van der Waals surface area contributed by atoms with Crippen LogP contribution in [0, 0.1) is 34.6 Å². The zero-order valence-electron chi connectivity index (χ0n) is 21.5. The predicted octanol–water partition coefficient (Wildman–Crippen LogP) is 4.70. The topological polar surface area (TPSA) is 180 Å². The molecule has 0 fully saturated rings. The number of nitriles is 3. The van der Waals surface area contributed by atoms with Gasteiger partial charge >= 0.3 is 0 Å². The summed E-state index contributed by atoms with van der Waals surface area (Å²) in [7, 11) is 5.88. The van der Waals surface area contributed by atoms with Crippen LogP contribution in [0.3, 0.4) is 0 Å².